The van der Waals surface area contributed by atoms with Crippen molar-refractivity contribution in [2.75, 3.05) is 27.7 Å². The Labute approximate surface area is 346 Å². The molecular weight excluding hydrogens is 762 g/mol. The number of fused-ring (bicyclic) bond motifs is 2. The Morgan fingerprint density at radius 3 is 2.41 bits per heavy atom. The molecule has 5 rings (SSSR count). The SMILES string of the molecule is CC[C@H]1OC(=O)[C@H](C)C(=O)[C@H](C)[C@@H](O[C@@H]2O[C@H](C)C[C@H](N(C)C)[C@H]2O)[C@](C)(OC(=O)NN(C)CCc2cnc3ccccc3c2)C[C@@H](C)C(=O)[C@H](C)[C@H]2NC(=O)O[C@@]21C. The molecule has 2 aromatic rings. The smallest absolute Gasteiger partial charge is 0.422 e. The number of hydrazine groups is 1. The third kappa shape index (κ3) is 10.1. The molecule has 3 fully saturated rings. The number of esters is 1. The monoisotopic (exact) mass is 825 g/mol. The van der Waals surface area contributed by atoms with Crippen molar-refractivity contribution in [3.63, 3.8) is 0 Å². The van der Waals surface area contributed by atoms with Gasteiger partial charge in [0.05, 0.1) is 17.7 Å². The van der Waals surface area contributed by atoms with E-state index < -0.39 is 89.5 Å². The zero-order valence-electron chi connectivity index (χ0n) is 36.2. The molecule has 16 heteroatoms. The summed E-state index contributed by atoms with van der Waals surface area (Å²) in [4.78, 5) is 75.9. The average Bonchev–Trinajstić information content (AvgIpc) is 3.50. The highest BCUT2D eigenvalue weighted by molar-refractivity contribution is 6.00. The van der Waals surface area contributed by atoms with E-state index in [1.165, 1.54) is 6.92 Å². The van der Waals surface area contributed by atoms with E-state index in [4.69, 9.17) is 23.7 Å². The Morgan fingerprint density at radius 2 is 1.73 bits per heavy atom. The number of hydrogen-bond acceptors (Lipinski definition) is 14. The van der Waals surface area contributed by atoms with Crippen molar-refractivity contribution in [1.82, 2.24) is 25.6 Å². The first kappa shape index (κ1) is 45.9. The number of amides is 2. The van der Waals surface area contributed by atoms with Crippen LogP contribution >= 0.6 is 0 Å². The molecule has 13 atom stereocenters. The summed E-state index contributed by atoms with van der Waals surface area (Å²) in [5.74, 6) is -5.97. The molecule has 0 aliphatic carbocycles. The van der Waals surface area contributed by atoms with Gasteiger partial charge in [0.1, 0.15) is 35.6 Å². The number of aromatic nitrogens is 1. The molecule has 0 spiro atoms. The Hall–Kier alpha value is -4.22. The van der Waals surface area contributed by atoms with Crippen LogP contribution in [0.4, 0.5) is 9.59 Å². The van der Waals surface area contributed by atoms with E-state index in [0.29, 0.717) is 19.4 Å². The standard InChI is InChI=1S/C43H63N5O11/c1-12-32-43(8)36(45-40(53)59-43)25(4)33(49)23(2)21-42(7,58-41(54)46-48(11)18-17-28-20-29-15-13-14-16-30(29)44-22-28)37(26(5)34(50)27(6)38(52)56-32)57-39-35(51)31(47(9)10)19-24(3)55-39/h13-16,20,22-27,31-32,35-37,39,51H,12,17-19,21H2,1-11H3,(H,45,53)(H,46,54)/t23-,24-,25+,26+,27-,31+,32-,35-,36-,37-,39+,42-,43-/m1/s1. The lowest BCUT2D eigenvalue weighted by Crippen LogP contribution is -2.61. The van der Waals surface area contributed by atoms with Crippen molar-refractivity contribution in [3.05, 3.63) is 42.1 Å². The molecule has 4 heterocycles. The summed E-state index contributed by atoms with van der Waals surface area (Å²) in [5, 5.41) is 16.9. The molecule has 3 aliphatic heterocycles. The molecule has 3 saturated heterocycles. The Balaban J connectivity index is 1.50. The van der Waals surface area contributed by atoms with Gasteiger partial charge in [-0.1, -0.05) is 45.9 Å². The van der Waals surface area contributed by atoms with Gasteiger partial charge in [-0.2, -0.15) is 0 Å². The molecule has 326 valence electrons. The van der Waals surface area contributed by atoms with Crippen LogP contribution in [0.1, 0.15) is 80.2 Å². The maximum atomic E-state index is 14.5. The number of Topliss-reactive ketones (excluding diaryl/α,β-unsaturated/α-hetero) is 2. The molecule has 0 unspecified atom stereocenters. The van der Waals surface area contributed by atoms with E-state index >= 15 is 0 Å². The van der Waals surface area contributed by atoms with Crippen LogP contribution in [0.3, 0.4) is 0 Å². The van der Waals surface area contributed by atoms with Crippen LogP contribution in [-0.2, 0) is 44.5 Å². The van der Waals surface area contributed by atoms with Crippen molar-refractivity contribution in [3.8, 4) is 0 Å². The number of nitrogens with one attached hydrogen (secondary N) is 2. The van der Waals surface area contributed by atoms with Crippen LogP contribution in [0.25, 0.3) is 10.9 Å². The van der Waals surface area contributed by atoms with Gasteiger partial charge in [-0.05, 0) is 85.2 Å². The lowest BCUT2D eigenvalue weighted by atomic mass is 9.73. The van der Waals surface area contributed by atoms with Crippen LogP contribution in [0.15, 0.2) is 36.5 Å². The summed E-state index contributed by atoms with van der Waals surface area (Å²) < 4.78 is 30.8. The van der Waals surface area contributed by atoms with Crippen molar-refractivity contribution in [1.29, 1.82) is 0 Å². The number of rotatable bonds is 9. The number of aliphatic hydroxyl groups excluding tert-OH is 1. The zero-order chi connectivity index (χ0) is 43.6. The highest BCUT2D eigenvalue weighted by Gasteiger charge is 2.57. The third-order valence-electron chi connectivity index (χ3n) is 12.5. The first-order valence-electron chi connectivity index (χ1n) is 20.7. The summed E-state index contributed by atoms with van der Waals surface area (Å²) in [5.41, 5.74) is 1.39. The highest BCUT2D eigenvalue weighted by atomic mass is 16.7. The predicted octanol–water partition coefficient (Wildman–Crippen LogP) is 4.20. The first-order valence-corrected chi connectivity index (χ1v) is 20.7. The summed E-state index contributed by atoms with van der Waals surface area (Å²) in [6, 6.07) is 8.54. The fourth-order valence-corrected chi connectivity index (χ4v) is 9.08. The van der Waals surface area contributed by atoms with E-state index in [0.717, 1.165) is 16.5 Å². The van der Waals surface area contributed by atoms with Gasteiger partial charge in [-0.25, -0.2) is 14.6 Å². The number of ether oxygens (including phenoxy) is 5. The molecule has 16 nitrogen and oxygen atoms in total. The summed E-state index contributed by atoms with van der Waals surface area (Å²) in [7, 11) is 5.34. The number of aliphatic hydroxyl groups is 1. The van der Waals surface area contributed by atoms with Gasteiger partial charge >= 0.3 is 18.2 Å². The number of benzene rings is 1. The maximum absolute atomic E-state index is 14.5. The second kappa shape index (κ2) is 18.6. The Bertz CT molecular complexity index is 1860. The van der Waals surface area contributed by atoms with Gasteiger partial charge in [0.2, 0.25) is 0 Å². The summed E-state index contributed by atoms with van der Waals surface area (Å²) in [6.07, 6.45) is -3.92. The van der Waals surface area contributed by atoms with E-state index in [9.17, 15) is 29.1 Å². The molecule has 59 heavy (non-hydrogen) atoms. The molecule has 3 N–H and O–H groups in total. The molecule has 0 radical (unpaired) electrons. The predicted molar refractivity (Wildman–Crippen MR) is 217 cm³/mol. The molecular formula is C43H63N5O11. The number of nitrogens with zero attached hydrogens (tertiary/aromatic N) is 3. The number of hydrogen-bond donors (Lipinski definition) is 3. The van der Waals surface area contributed by atoms with Crippen LogP contribution in [0, 0.1) is 23.7 Å². The van der Waals surface area contributed by atoms with Crippen molar-refractivity contribution in [2.45, 2.75) is 135 Å². The number of alkyl carbamates (subject to hydrolysis) is 1. The van der Waals surface area contributed by atoms with Gasteiger partial charge in [-0.3, -0.25) is 24.8 Å². The van der Waals surface area contributed by atoms with Crippen LogP contribution in [0.5, 0.6) is 0 Å². The number of likely N-dealkylation sites (N-methyl/N-ethyl adjacent to an activating group) is 2. The number of pyridine rings is 1. The van der Waals surface area contributed by atoms with Gasteiger partial charge in [-0.15, -0.1) is 0 Å². The number of ketones is 2. The minimum absolute atomic E-state index is 0.151. The van der Waals surface area contributed by atoms with Gasteiger partial charge in [0, 0.05) is 49.0 Å². The molecule has 1 aromatic carbocycles. The third-order valence-corrected chi connectivity index (χ3v) is 12.5. The van der Waals surface area contributed by atoms with Crippen LogP contribution in [-0.4, -0.2) is 131 Å². The maximum Gasteiger partial charge on any atom is 0.422 e. The topological polar surface area (TPSA) is 195 Å². The van der Waals surface area contributed by atoms with E-state index in [2.05, 4.69) is 15.7 Å². The minimum Gasteiger partial charge on any atom is -0.458 e. The van der Waals surface area contributed by atoms with E-state index in [1.54, 1.807) is 59.8 Å². The van der Waals surface area contributed by atoms with Crippen molar-refractivity contribution in [2.24, 2.45) is 23.7 Å². The van der Waals surface area contributed by atoms with Gasteiger partial charge < -0.3 is 39.0 Å². The van der Waals surface area contributed by atoms with E-state index in [1.807, 2.05) is 56.3 Å². The average molecular weight is 826 g/mol. The summed E-state index contributed by atoms with van der Waals surface area (Å²) in [6.45, 7) is 13.5. The number of carbonyl (C=O) groups excluding carboxylic acids is 5. The number of para-hydroxylation sites is 1. The lowest BCUT2D eigenvalue weighted by molar-refractivity contribution is -0.292. The highest BCUT2D eigenvalue weighted by Crippen LogP contribution is 2.40. The van der Waals surface area contributed by atoms with Gasteiger partial charge in [0.25, 0.3) is 0 Å². The lowest BCUT2D eigenvalue weighted by Gasteiger charge is -2.47. The van der Waals surface area contributed by atoms with Crippen LogP contribution < -0.4 is 10.7 Å². The molecule has 1 aromatic heterocycles. The second-order valence-electron chi connectivity index (χ2n) is 17.4. The first-order chi connectivity index (χ1) is 27.7. The molecule has 2 amide bonds. The Morgan fingerprint density at radius 1 is 1.03 bits per heavy atom. The number of carbonyl (C=O) groups is 5. The summed E-state index contributed by atoms with van der Waals surface area (Å²) >= 11 is 0. The fourth-order valence-electron chi connectivity index (χ4n) is 9.08. The Kier molecular flexibility index (Phi) is 14.4. The van der Waals surface area contributed by atoms with Gasteiger partial charge in [0.15, 0.2) is 17.7 Å². The normalized spacial score (nSPS) is 36.1. The minimum atomic E-state index is -1.76. The zero-order valence-corrected chi connectivity index (χ0v) is 36.2. The molecule has 0 bridgehead atoms. The van der Waals surface area contributed by atoms with Crippen molar-refractivity contribution < 1.29 is 52.8 Å². The number of cyclic esters (lactones) is 1. The molecule has 0 saturated carbocycles. The fraction of sp³-hybridized carbons (Fsp3) is 0.674. The quantitative estimate of drug-likeness (QED) is 0.141. The van der Waals surface area contributed by atoms with Crippen LogP contribution in [0.2, 0.25) is 0 Å². The largest absolute Gasteiger partial charge is 0.458 e. The van der Waals surface area contributed by atoms with E-state index in [-0.39, 0.29) is 30.8 Å². The van der Waals surface area contributed by atoms with Crippen molar-refractivity contribution >= 4 is 40.6 Å². The second-order valence-corrected chi connectivity index (χ2v) is 17.4. The molecule has 3 aliphatic rings.